The number of benzene rings is 1. The van der Waals surface area contributed by atoms with Gasteiger partial charge in [-0.1, -0.05) is 18.2 Å². The summed E-state index contributed by atoms with van der Waals surface area (Å²) in [5, 5.41) is 5.97. The van der Waals surface area contributed by atoms with E-state index in [1.807, 2.05) is 29.6 Å². The number of fused-ring (bicyclic) bond motifs is 1. The monoisotopic (exact) mass is 425 g/mol. The molecule has 1 aliphatic heterocycles. The Bertz CT molecular complexity index is 1050. The van der Waals surface area contributed by atoms with E-state index in [4.69, 9.17) is 9.72 Å². The molecule has 0 spiro atoms. The molecule has 0 radical (unpaired) electrons. The SMILES string of the molecule is CN(C)C(=O)CN1CCO[C@@H](c2cc(C(=O)Nc3nccs3)c3ccccc3n2)C1. The van der Waals surface area contributed by atoms with E-state index in [2.05, 4.69) is 15.2 Å². The highest BCUT2D eigenvalue weighted by molar-refractivity contribution is 7.13. The molecule has 2 amide bonds. The summed E-state index contributed by atoms with van der Waals surface area (Å²) >= 11 is 1.37. The van der Waals surface area contributed by atoms with Gasteiger partial charge in [-0.2, -0.15) is 0 Å². The van der Waals surface area contributed by atoms with E-state index in [9.17, 15) is 9.59 Å². The quantitative estimate of drug-likeness (QED) is 0.676. The van der Waals surface area contributed by atoms with Crippen LogP contribution in [0.5, 0.6) is 0 Å². The largest absolute Gasteiger partial charge is 0.369 e. The Balaban J connectivity index is 1.62. The standard InChI is InChI=1S/C21H23N5O3S/c1-25(2)19(27)13-26-8-9-29-18(12-26)17-11-15(14-5-3-4-6-16(14)23-17)20(28)24-21-22-7-10-30-21/h3-7,10-11,18H,8-9,12-13H2,1-2H3,(H,22,24,28)/t18-/m1/s1. The number of anilines is 1. The van der Waals surface area contributed by atoms with Gasteiger partial charge in [-0.15, -0.1) is 11.3 Å². The molecule has 3 aromatic rings. The van der Waals surface area contributed by atoms with E-state index in [0.29, 0.717) is 42.6 Å². The average Bonchev–Trinajstić information content (AvgIpc) is 3.26. The van der Waals surface area contributed by atoms with Crippen molar-refractivity contribution >= 4 is 39.2 Å². The molecule has 1 aromatic carbocycles. The minimum atomic E-state index is -0.315. The van der Waals surface area contributed by atoms with Gasteiger partial charge in [0.15, 0.2) is 5.13 Å². The minimum Gasteiger partial charge on any atom is -0.369 e. The zero-order chi connectivity index (χ0) is 21.1. The molecule has 0 unspecified atom stereocenters. The van der Waals surface area contributed by atoms with Crippen molar-refractivity contribution < 1.29 is 14.3 Å². The number of nitrogens with one attached hydrogen (secondary N) is 1. The summed E-state index contributed by atoms with van der Waals surface area (Å²) in [7, 11) is 3.50. The number of likely N-dealkylation sites (N-methyl/N-ethyl adjacent to an activating group) is 1. The van der Waals surface area contributed by atoms with E-state index >= 15 is 0 Å². The van der Waals surface area contributed by atoms with Crippen molar-refractivity contribution in [2.24, 2.45) is 0 Å². The van der Waals surface area contributed by atoms with Crippen LogP contribution in [-0.4, -0.2) is 71.9 Å². The van der Waals surface area contributed by atoms with Gasteiger partial charge in [0.1, 0.15) is 6.10 Å². The first kappa shape index (κ1) is 20.4. The Morgan fingerprint density at radius 3 is 2.93 bits per heavy atom. The van der Waals surface area contributed by atoms with E-state index in [-0.39, 0.29) is 17.9 Å². The maximum atomic E-state index is 13.0. The number of hydrogen-bond acceptors (Lipinski definition) is 7. The van der Waals surface area contributed by atoms with E-state index in [1.165, 1.54) is 11.3 Å². The predicted molar refractivity (Wildman–Crippen MR) is 116 cm³/mol. The second-order valence-electron chi connectivity index (χ2n) is 7.29. The van der Waals surface area contributed by atoms with Crippen LogP contribution < -0.4 is 5.32 Å². The number of morpholine rings is 1. The molecule has 0 bridgehead atoms. The number of ether oxygens (including phenoxy) is 1. The molecule has 2 aromatic heterocycles. The molecular formula is C21H23N5O3S. The first-order valence-corrected chi connectivity index (χ1v) is 10.5. The molecule has 30 heavy (non-hydrogen) atoms. The van der Waals surface area contributed by atoms with Crippen molar-refractivity contribution in [2.45, 2.75) is 6.10 Å². The van der Waals surface area contributed by atoms with Crippen LogP contribution in [0.15, 0.2) is 41.9 Å². The van der Waals surface area contributed by atoms with Crippen molar-refractivity contribution in [3.63, 3.8) is 0 Å². The molecule has 1 aliphatic rings. The van der Waals surface area contributed by atoms with Crippen molar-refractivity contribution in [1.29, 1.82) is 0 Å². The minimum absolute atomic E-state index is 0.0469. The number of aromatic nitrogens is 2. The molecule has 1 saturated heterocycles. The van der Waals surface area contributed by atoms with Gasteiger partial charge >= 0.3 is 0 Å². The van der Waals surface area contributed by atoms with Crippen molar-refractivity contribution in [1.82, 2.24) is 19.8 Å². The molecular weight excluding hydrogens is 402 g/mol. The number of nitrogens with zero attached hydrogens (tertiary/aromatic N) is 4. The third kappa shape index (κ3) is 4.48. The fourth-order valence-electron chi connectivity index (χ4n) is 3.36. The Hall–Kier alpha value is -2.88. The third-order valence-electron chi connectivity index (χ3n) is 4.97. The van der Waals surface area contributed by atoms with Gasteiger partial charge in [-0.25, -0.2) is 9.97 Å². The lowest BCUT2D eigenvalue weighted by Gasteiger charge is -2.33. The number of para-hydroxylation sites is 1. The molecule has 0 saturated carbocycles. The number of pyridine rings is 1. The number of amides is 2. The first-order valence-electron chi connectivity index (χ1n) is 9.66. The van der Waals surface area contributed by atoms with Crippen LogP contribution in [0.2, 0.25) is 0 Å². The van der Waals surface area contributed by atoms with Gasteiger partial charge in [0.25, 0.3) is 5.91 Å². The zero-order valence-corrected chi connectivity index (χ0v) is 17.7. The average molecular weight is 426 g/mol. The van der Waals surface area contributed by atoms with Gasteiger partial charge in [0, 0.05) is 44.1 Å². The molecule has 0 aliphatic carbocycles. The van der Waals surface area contributed by atoms with Gasteiger partial charge in [0.2, 0.25) is 5.91 Å². The molecule has 1 fully saturated rings. The molecule has 4 rings (SSSR count). The number of thiazole rings is 1. The lowest BCUT2D eigenvalue weighted by molar-refractivity contribution is -0.132. The first-order chi connectivity index (χ1) is 14.5. The lowest BCUT2D eigenvalue weighted by Crippen LogP contribution is -2.44. The van der Waals surface area contributed by atoms with E-state index in [0.717, 1.165) is 10.9 Å². The molecule has 9 heteroatoms. The van der Waals surface area contributed by atoms with Crippen LogP contribution >= 0.6 is 11.3 Å². The fraction of sp³-hybridized carbons (Fsp3) is 0.333. The second kappa shape index (κ2) is 8.86. The van der Waals surface area contributed by atoms with Crippen LogP contribution in [0.25, 0.3) is 10.9 Å². The van der Waals surface area contributed by atoms with Gasteiger partial charge in [-0.05, 0) is 12.1 Å². The fourth-order valence-corrected chi connectivity index (χ4v) is 3.88. The maximum Gasteiger partial charge on any atom is 0.258 e. The van der Waals surface area contributed by atoms with Crippen LogP contribution in [0.3, 0.4) is 0 Å². The molecule has 1 N–H and O–H groups in total. The second-order valence-corrected chi connectivity index (χ2v) is 8.18. The molecule has 8 nitrogen and oxygen atoms in total. The van der Waals surface area contributed by atoms with Crippen LogP contribution in [-0.2, 0) is 9.53 Å². The molecule has 156 valence electrons. The summed E-state index contributed by atoms with van der Waals surface area (Å²) in [5.41, 5.74) is 1.93. The summed E-state index contributed by atoms with van der Waals surface area (Å²) in [5.74, 6) is -0.189. The summed E-state index contributed by atoms with van der Waals surface area (Å²) in [6, 6.07) is 9.33. The number of carbonyl (C=O) groups is 2. The highest BCUT2D eigenvalue weighted by Crippen LogP contribution is 2.27. The van der Waals surface area contributed by atoms with Crippen molar-refractivity contribution in [2.75, 3.05) is 45.7 Å². The highest BCUT2D eigenvalue weighted by Gasteiger charge is 2.26. The van der Waals surface area contributed by atoms with Gasteiger partial charge in [-0.3, -0.25) is 19.8 Å². The summed E-state index contributed by atoms with van der Waals surface area (Å²) in [6.45, 7) is 2.05. The summed E-state index contributed by atoms with van der Waals surface area (Å²) in [6.07, 6.45) is 1.33. The highest BCUT2D eigenvalue weighted by atomic mass is 32.1. The smallest absolute Gasteiger partial charge is 0.258 e. The van der Waals surface area contributed by atoms with Gasteiger partial charge in [0.05, 0.1) is 29.9 Å². The van der Waals surface area contributed by atoms with Gasteiger partial charge < -0.3 is 9.64 Å². The third-order valence-corrected chi connectivity index (χ3v) is 5.66. The maximum absolute atomic E-state index is 13.0. The normalized spacial score (nSPS) is 17.1. The Labute approximate surface area is 178 Å². The predicted octanol–water partition coefficient (Wildman–Crippen LogP) is 2.41. The van der Waals surface area contributed by atoms with E-state index in [1.54, 1.807) is 31.3 Å². The molecule has 3 heterocycles. The van der Waals surface area contributed by atoms with Crippen molar-refractivity contribution in [3.05, 3.63) is 53.2 Å². The summed E-state index contributed by atoms with van der Waals surface area (Å²) in [4.78, 5) is 37.6. The van der Waals surface area contributed by atoms with Crippen LogP contribution in [0.1, 0.15) is 22.2 Å². The van der Waals surface area contributed by atoms with Crippen molar-refractivity contribution in [3.8, 4) is 0 Å². The van der Waals surface area contributed by atoms with Crippen LogP contribution in [0.4, 0.5) is 5.13 Å². The summed E-state index contributed by atoms with van der Waals surface area (Å²) < 4.78 is 5.95. The van der Waals surface area contributed by atoms with E-state index < -0.39 is 0 Å². The Morgan fingerprint density at radius 1 is 1.33 bits per heavy atom. The zero-order valence-electron chi connectivity index (χ0n) is 16.9. The Kier molecular flexibility index (Phi) is 6.03. The molecule has 1 atom stereocenters. The Morgan fingerprint density at radius 2 is 2.17 bits per heavy atom. The van der Waals surface area contributed by atoms with Crippen LogP contribution in [0, 0.1) is 0 Å². The number of rotatable bonds is 5. The number of carbonyl (C=O) groups excluding carboxylic acids is 2. The topological polar surface area (TPSA) is 87.7 Å². The number of hydrogen-bond donors (Lipinski definition) is 1. The lowest BCUT2D eigenvalue weighted by atomic mass is 10.0.